The van der Waals surface area contributed by atoms with Gasteiger partial charge in [0.25, 0.3) is 0 Å². The Hall–Kier alpha value is -0.520. The van der Waals surface area contributed by atoms with Gasteiger partial charge in [-0.1, -0.05) is 0 Å². The minimum Gasteiger partial charge on any atom is -0.307 e. The van der Waals surface area contributed by atoms with Crippen molar-refractivity contribution in [3.05, 3.63) is 29.1 Å². The number of halogens is 5. The molecule has 2 rings (SSSR count). The number of fused-ring (bicyclic) bond motifs is 1. The van der Waals surface area contributed by atoms with Crippen LogP contribution in [0.25, 0.3) is 0 Å². The van der Waals surface area contributed by atoms with E-state index in [2.05, 4.69) is 10.3 Å². The molecule has 0 atom stereocenters. The van der Waals surface area contributed by atoms with Gasteiger partial charge >= 0.3 is 6.18 Å². The molecular formula is C8H9Cl2F3N2. The zero-order valence-electron chi connectivity index (χ0n) is 7.47. The molecule has 0 fully saturated rings. The molecule has 0 saturated heterocycles. The third kappa shape index (κ3) is 2.96. The van der Waals surface area contributed by atoms with Crippen molar-refractivity contribution in [3.63, 3.8) is 0 Å². The van der Waals surface area contributed by atoms with E-state index in [4.69, 9.17) is 0 Å². The average Bonchev–Trinajstić information content (AvgIpc) is 2.47. The van der Waals surface area contributed by atoms with Gasteiger partial charge in [-0.25, -0.2) is 0 Å². The molecule has 0 spiro atoms. The topological polar surface area (TPSA) is 24.9 Å². The van der Waals surface area contributed by atoms with Crippen LogP contribution in [0.15, 0.2) is 12.3 Å². The fourth-order valence-corrected chi connectivity index (χ4v) is 1.32. The van der Waals surface area contributed by atoms with Gasteiger partial charge in [0.15, 0.2) is 0 Å². The van der Waals surface area contributed by atoms with Gasteiger partial charge in [-0.05, 0) is 11.6 Å². The predicted octanol–water partition coefficient (Wildman–Crippen LogP) is 2.55. The number of hydrogen-bond donors (Lipinski definition) is 1. The van der Waals surface area contributed by atoms with E-state index in [0.29, 0.717) is 24.3 Å². The van der Waals surface area contributed by atoms with Gasteiger partial charge in [0, 0.05) is 19.3 Å². The van der Waals surface area contributed by atoms with Gasteiger partial charge in [-0.2, -0.15) is 13.2 Å². The fraction of sp³-hybridized carbons (Fsp3) is 0.375. The van der Waals surface area contributed by atoms with Crippen LogP contribution in [-0.4, -0.2) is 4.98 Å². The van der Waals surface area contributed by atoms with Crippen LogP contribution in [0.1, 0.15) is 16.8 Å². The molecule has 1 aromatic rings. The maximum atomic E-state index is 12.2. The molecule has 0 amide bonds. The van der Waals surface area contributed by atoms with Gasteiger partial charge in [-0.15, -0.1) is 24.8 Å². The summed E-state index contributed by atoms with van der Waals surface area (Å²) in [6.07, 6.45) is -3.41. The summed E-state index contributed by atoms with van der Waals surface area (Å²) in [6, 6.07) is 1.16. The first-order valence-corrected chi connectivity index (χ1v) is 3.83. The highest BCUT2D eigenvalue weighted by molar-refractivity contribution is 5.85. The van der Waals surface area contributed by atoms with Gasteiger partial charge in [0.2, 0.25) is 0 Å². The molecule has 15 heavy (non-hydrogen) atoms. The Morgan fingerprint density at radius 2 is 1.87 bits per heavy atom. The van der Waals surface area contributed by atoms with Crippen molar-refractivity contribution in [2.45, 2.75) is 19.3 Å². The summed E-state index contributed by atoms with van der Waals surface area (Å²) < 4.78 is 36.6. The molecular weight excluding hydrogens is 252 g/mol. The molecule has 2 heterocycles. The third-order valence-electron chi connectivity index (χ3n) is 2.00. The van der Waals surface area contributed by atoms with E-state index >= 15 is 0 Å². The van der Waals surface area contributed by atoms with Crippen LogP contribution in [0.3, 0.4) is 0 Å². The van der Waals surface area contributed by atoms with E-state index < -0.39 is 11.7 Å². The highest BCUT2D eigenvalue weighted by Crippen LogP contribution is 2.30. The summed E-state index contributed by atoms with van der Waals surface area (Å²) in [5, 5.41) is 2.94. The maximum Gasteiger partial charge on any atom is 0.417 e. The second kappa shape index (κ2) is 5.01. The molecule has 1 aliphatic rings. The number of pyridine rings is 1. The highest BCUT2D eigenvalue weighted by atomic mass is 35.5. The monoisotopic (exact) mass is 260 g/mol. The number of aromatic nitrogens is 1. The lowest BCUT2D eigenvalue weighted by Crippen LogP contribution is -2.06. The second-order valence-corrected chi connectivity index (χ2v) is 2.93. The van der Waals surface area contributed by atoms with E-state index in [1.807, 2.05) is 0 Å². The largest absolute Gasteiger partial charge is 0.417 e. The smallest absolute Gasteiger partial charge is 0.307 e. The number of nitrogens with one attached hydrogen (secondary N) is 1. The summed E-state index contributed by atoms with van der Waals surface area (Å²) in [5.41, 5.74) is 0.692. The van der Waals surface area contributed by atoms with Gasteiger partial charge in [0.1, 0.15) is 0 Å². The molecule has 0 aromatic carbocycles. The molecule has 0 aliphatic carbocycles. The van der Waals surface area contributed by atoms with Crippen LogP contribution in [0.4, 0.5) is 13.2 Å². The van der Waals surface area contributed by atoms with Crippen LogP contribution >= 0.6 is 24.8 Å². The zero-order chi connectivity index (χ0) is 9.47. The van der Waals surface area contributed by atoms with Crippen LogP contribution in [0, 0.1) is 0 Å². The van der Waals surface area contributed by atoms with Crippen LogP contribution in [0.2, 0.25) is 0 Å². The van der Waals surface area contributed by atoms with E-state index in [-0.39, 0.29) is 24.8 Å². The van der Waals surface area contributed by atoms with Crippen LogP contribution < -0.4 is 5.32 Å². The lowest BCUT2D eigenvalue weighted by Gasteiger charge is -2.06. The van der Waals surface area contributed by atoms with Crippen LogP contribution in [-0.2, 0) is 19.3 Å². The van der Waals surface area contributed by atoms with E-state index in [1.54, 1.807) is 0 Å². The van der Waals surface area contributed by atoms with Crippen molar-refractivity contribution in [1.82, 2.24) is 10.3 Å². The normalized spacial score (nSPS) is 13.8. The number of nitrogens with zero attached hydrogens (tertiary/aromatic N) is 1. The summed E-state index contributed by atoms with van der Waals surface area (Å²) >= 11 is 0. The standard InChI is InChI=1S/C8H7F3N2.2ClH/c9-8(10,11)6-1-5-2-12-4-7(5)13-3-6;;/h1,3,12H,2,4H2;2*1H. The fourth-order valence-electron chi connectivity index (χ4n) is 1.32. The van der Waals surface area contributed by atoms with E-state index in [9.17, 15) is 13.2 Å². The number of alkyl halides is 3. The average molecular weight is 261 g/mol. The van der Waals surface area contributed by atoms with E-state index in [1.165, 1.54) is 0 Å². The highest BCUT2D eigenvalue weighted by Gasteiger charge is 2.32. The molecule has 0 saturated carbocycles. The Bertz CT molecular complexity index is 341. The molecule has 7 heteroatoms. The lowest BCUT2D eigenvalue weighted by atomic mass is 10.1. The Labute approximate surface area is 97.1 Å². The van der Waals surface area contributed by atoms with Crippen molar-refractivity contribution in [3.8, 4) is 0 Å². The van der Waals surface area contributed by atoms with Crippen molar-refractivity contribution in [2.75, 3.05) is 0 Å². The Morgan fingerprint density at radius 1 is 1.20 bits per heavy atom. The summed E-state index contributed by atoms with van der Waals surface area (Å²) in [4.78, 5) is 3.74. The first kappa shape index (κ1) is 14.5. The van der Waals surface area contributed by atoms with Crippen LogP contribution in [0.5, 0.6) is 0 Å². The third-order valence-corrected chi connectivity index (χ3v) is 2.00. The van der Waals surface area contributed by atoms with Gasteiger partial charge in [-0.3, -0.25) is 4.98 Å². The number of rotatable bonds is 0. The Kier molecular flexibility index (Phi) is 4.83. The molecule has 1 aliphatic heterocycles. The number of hydrogen-bond acceptors (Lipinski definition) is 2. The maximum absolute atomic E-state index is 12.2. The molecule has 0 radical (unpaired) electrons. The molecule has 2 nitrogen and oxygen atoms in total. The first-order valence-electron chi connectivity index (χ1n) is 3.83. The summed E-state index contributed by atoms with van der Waals surface area (Å²) in [6.45, 7) is 1.04. The van der Waals surface area contributed by atoms with Gasteiger partial charge < -0.3 is 5.32 Å². The van der Waals surface area contributed by atoms with E-state index in [0.717, 1.165) is 12.3 Å². The lowest BCUT2D eigenvalue weighted by molar-refractivity contribution is -0.137. The van der Waals surface area contributed by atoms with Crippen molar-refractivity contribution in [2.24, 2.45) is 0 Å². The second-order valence-electron chi connectivity index (χ2n) is 2.93. The quantitative estimate of drug-likeness (QED) is 0.776. The molecule has 1 N–H and O–H groups in total. The SMILES string of the molecule is Cl.Cl.FC(F)(F)c1cnc2c(c1)CNC2. The Balaban J connectivity index is 0.000000980. The zero-order valence-corrected chi connectivity index (χ0v) is 9.10. The van der Waals surface area contributed by atoms with Crippen molar-refractivity contribution in [1.29, 1.82) is 0 Å². The summed E-state index contributed by atoms with van der Waals surface area (Å²) in [5.74, 6) is 0. The first-order chi connectivity index (χ1) is 6.07. The molecule has 86 valence electrons. The molecule has 1 aromatic heterocycles. The molecule has 0 unspecified atom stereocenters. The minimum absolute atomic E-state index is 0. The summed E-state index contributed by atoms with van der Waals surface area (Å²) in [7, 11) is 0. The Morgan fingerprint density at radius 3 is 2.47 bits per heavy atom. The minimum atomic E-state index is -4.29. The van der Waals surface area contributed by atoms with Gasteiger partial charge in [0.05, 0.1) is 11.3 Å². The van der Waals surface area contributed by atoms with Crippen molar-refractivity contribution >= 4 is 24.8 Å². The molecule has 0 bridgehead atoms. The van der Waals surface area contributed by atoms with Crippen molar-refractivity contribution < 1.29 is 13.2 Å². The predicted molar refractivity (Wildman–Crippen MR) is 54.3 cm³/mol.